The van der Waals surface area contributed by atoms with Crippen molar-refractivity contribution in [3.8, 4) is 34.0 Å². The van der Waals surface area contributed by atoms with Crippen LogP contribution in [0.4, 0.5) is 8.78 Å². The van der Waals surface area contributed by atoms with Gasteiger partial charge < -0.3 is 40.7 Å². The summed E-state index contributed by atoms with van der Waals surface area (Å²) < 4.78 is 38.7. The van der Waals surface area contributed by atoms with Crippen molar-refractivity contribution in [1.29, 1.82) is 0 Å². The number of carbonyl (C=O) groups is 4. The number of aromatic nitrogens is 2. The molecule has 2 aromatic heterocycles. The lowest BCUT2D eigenvalue weighted by atomic mass is 10.0. The van der Waals surface area contributed by atoms with Gasteiger partial charge in [-0.15, -0.1) is 0 Å². The van der Waals surface area contributed by atoms with Gasteiger partial charge in [-0.1, -0.05) is 31.5 Å². The Kier molecular flexibility index (Phi) is 26.8. The molecule has 0 unspecified atom stereocenters. The molecule has 0 bridgehead atoms. The fourth-order valence-electron chi connectivity index (χ4n) is 3.65. The second kappa shape index (κ2) is 28.7. The van der Waals surface area contributed by atoms with Crippen LogP contribution in [0.25, 0.3) is 22.5 Å². The van der Waals surface area contributed by atoms with Gasteiger partial charge >= 0.3 is 5.97 Å². The van der Waals surface area contributed by atoms with Crippen molar-refractivity contribution >= 4 is 25.6 Å². The molecule has 0 saturated carbocycles. The van der Waals surface area contributed by atoms with Crippen molar-refractivity contribution in [2.75, 3.05) is 33.9 Å². The molecular formula is C35H47F2N5O7. The Labute approximate surface area is 286 Å². The van der Waals surface area contributed by atoms with Gasteiger partial charge in [0, 0.05) is 37.7 Å². The standard InChI is InChI=1S/C23H18F2N2O.C7H14N2O3.C2H6.CH3NO.CH4O.CH2O/c1-14-3-5-19(24)18(9-14)16-4-6-20(25)23(11-16)28-17-7-8-26-22(12-17)21-10-15(2)13-27-21;1-12-7(11)5-8-3-2-4-9-6-10;1-2;2-1-3;2*1-2/h3-13,27H,1-2H3;6,8H,2-5H2,1H3,(H,9,10);1-2H3;1H,(H2,2,3);2H,1H3;1H2. The average Bonchev–Trinajstić information content (AvgIpc) is 3.58. The number of nitrogens with two attached hydrogens (primary N) is 1. The minimum Gasteiger partial charge on any atom is -0.468 e. The van der Waals surface area contributed by atoms with Gasteiger partial charge in [0.05, 0.1) is 25.0 Å². The number of nitrogens with one attached hydrogen (secondary N) is 3. The Balaban J connectivity index is 0. The molecule has 4 aromatic rings. The molecule has 4 rings (SSSR count). The summed E-state index contributed by atoms with van der Waals surface area (Å²) in [6.07, 6.45) is 5.18. The number of aryl methyl sites for hydroxylation is 2. The summed E-state index contributed by atoms with van der Waals surface area (Å²) >= 11 is 0. The van der Waals surface area contributed by atoms with Crippen LogP contribution in [0.5, 0.6) is 11.5 Å². The monoisotopic (exact) mass is 687 g/mol. The maximum absolute atomic E-state index is 14.3. The molecule has 0 fully saturated rings. The summed E-state index contributed by atoms with van der Waals surface area (Å²) in [6, 6.07) is 14.5. The Morgan fingerprint density at radius 3 is 2.22 bits per heavy atom. The molecule has 0 atom stereocenters. The number of hydrogen-bond acceptors (Lipinski definition) is 9. The van der Waals surface area contributed by atoms with Gasteiger partial charge in [-0.05, 0) is 74.3 Å². The van der Waals surface area contributed by atoms with Gasteiger partial charge in [-0.3, -0.25) is 19.4 Å². The molecule has 268 valence electrons. The van der Waals surface area contributed by atoms with Gasteiger partial charge in [0.15, 0.2) is 11.6 Å². The molecule has 0 aliphatic carbocycles. The van der Waals surface area contributed by atoms with Crippen LogP contribution in [-0.2, 0) is 23.9 Å². The third kappa shape index (κ3) is 18.5. The number of aliphatic hydroxyl groups excluding tert-OH is 1. The van der Waals surface area contributed by atoms with E-state index in [0.717, 1.165) is 30.4 Å². The predicted octanol–water partition coefficient (Wildman–Crippen LogP) is 4.87. The SMILES string of the molecule is C=O.CC.CO.COC(=O)CNCCCNC=O.Cc1c[nH]c(-c2cc(Oc3cc(-c4cc(C)ccc4F)ccc3F)ccn2)c1.NC=O. The topological polar surface area (TPSA) is 186 Å². The van der Waals surface area contributed by atoms with Gasteiger partial charge in [0.25, 0.3) is 0 Å². The molecule has 12 nitrogen and oxygen atoms in total. The Bertz CT molecular complexity index is 1500. The van der Waals surface area contributed by atoms with E-state index in [1.54, 1.807) is 36.5 Å². The first-order chi connectivity index (χ1) is 23.7. The van der Waals surface area contributed by atoms with Crippen LogP contribution >= 0.6 is 0 Å². The summed E-state index contributed by atoms with van der Waals surface area (Å²) in [7, 11) is 2.35. The van der Waals surface area contributed by atoms with E-state index >= 15 is 0 Å². The van der Waals surface area contributed by atoms with Crippen molar-refractivity contribution in [2.24, 2.45) is 5.73 Å². The van der Waals surface area contributed by atoms with Crippen LogP contribution in [0.2, 0.25) is 0 Å². The number of primary amides is 1. The lowest BCUT2D eigenvalue weighted by molar-refractivity contribution is -0.139. The van der Waals surface area contributed by atoms with Crippen LogP contribution in [0, 0.1) is 25.5 Å². The van der Waals surface area contributed by atoms with Crippen molar-refractivity contribution in [2.45, 2.75) is 34.1 Å². The van der Waals surface area contributed by atoms with E-state index in [-0.39, 0.29) is 30.5 Å². The predicted molar refractivity (Wildman–Crippen MR) is 186 cm³/mol. The molecule has 0 aliphatic heterocycles. The Morgan fingerprint density at radius 1 is 0.980 bits per heavy atom. The second-order valence-corrected chi connectivity index (χ2v) is 9.01. The van der Waals surface area contributed by atoms with Crippen molar-refractivity contribution in [3.63, 3.8) is 0 Å². The zero-order valence-electron chi connectivity index (χ0n) is 28.7. The number of nitrogens with zero attached hydrogens (tertiary/aromatic N) is 1. The number of aromatic amines is 1. The van der Waals surface area contributed by atoms with E-state index in [2.05, 4.69) is 31.1 Å². The quantitative estimate of drug-likeness (QED) is 0.0834. The van der Waals surface area contributed by atoms with Crippen LogP contribution in [0.3, 0.4) is 0 Å². The molecule has 2 aromatic carbocycles. The minimum absolute atomic E-state index is 0.0261. The Morgan fingerprint density at radius 2 is 1.63 bits per heavy atom. The molecule has 2 amide bonds. The smallest absolute Gasteiger partial charge is 0.319 e. The maximum Gasteiger partial charge on any atom is 0.319 e. The fourth-order valence-corrected chi connectivity index (χ4v) is 3.65. The first kappa shape index (κ1) is 45.7. The number of rotatable bonds is 11. The number of pyridine rings is 1. The summed E-state index contributed by atoms with van der Waals surface area (Å²) in [5, 5.41) is 12.4. The molecule has 0 aliphatic rings. The third-order valence-corrected chi connectivity index (χ3v) is 5.68. The van der Waals surface area contributed by atoms with Gasteiger partial charge in [0.2, 0.25) is 12.8 Å². The zero-order valence-corrected chi connectivity index (χ0v) is 28.7. The highest BCUT2D eigenvalue weighted by atomic mass is 19.1. The Hall–Kier alpha value is -5.47. The normalized spacial score (nSPS) is 9.00. The lowest BCUT2D eigenvalue weighted by Gasteiger charge is -2.11. The summed E-state index contributed by atoms with van der Waals surface area (Å²) in [6.45, 7) is 11.4. The van der Waals surface area contributed by atoms with Crippen LogP contribution in [-0.4, -0.2) is 74.5 Å². The first-order valence-electron chi connectivity index (χ1n) is 14.9. The molecule has 0 saturated heterocycles. The van der Waals surface area contributed by atoms with Crippen LogP contribution in [0.15, 0.2) is 67.0 Å². The number of amides is 2. The number of ether oxygens (including phenoxy) is 2. The van der Waals surface area contributed by atoms with Crippen LogP contribution < -0.4 is 21.1 Å². The highest BCUT2D eigenvalue weighted by Gasteiger charge is 2.12. The number of carbonyl (C=O) groups excluding carboxylic acids is 4. The molecule has 0 spiro atoms. The number of esters is 1. The van der Waals surface area contributed by atoms with Crippen molar-refractivity contribution in [1.82, 2.24) is 20.6 Å². The van der Waals surface area contributed by atoms with E-state index in [1.165, 1.54) is 25.3 Å². The van der Waals surface area contributed by atoms with Gasteiger partial charge in [-0.25, -0.2) is 8.78 Å². The lowest BCUT2D eigenvalue weighted by Crippen LogP contribution is -2.27. The maximum atomic E-state index is 14.3. The summed E-state index contributed by atoms with van der Waals surface area (Å²) in [5.41, 5.74) is 8.66. The molecule has 14 heteroatoms. The van der Waals surface area contributed by atoms with E-state index in [0.29, 0.717) is 42.1 Å². The highest BCUT2D eigenvalue weighted by Crippen LogP contribution is 2.32. The minimum atomic E-state index is -0.522. The third-order valence-electron chi connectivity index (χ3n) is 5.68. The average molecular weight is 688 g/mol. The summed E-state index contributed by atoms with van der Waals surface area (Å²) in [4.78, 5) is 44.4. The molecular weight excluding hydrogens is 640 g/mol. The second-order valence-electron chi connectivity index (χ2n) is 9.01. The van der Waals surface area contributed by atoms with Crippen molar-refractivity contribution in [3.05, 3.63) is 89.8 Å². The van der Waals surface area contributed by atoms with E-state index in [1.807, 2.05) is 46.7 Å². The van der Waals surface area contributed by atoms with Crippen molar-refractivity contribution < 1.29 is 42.5 Å². The largest absolute Gasteiger partial charge is 0.468 e. The van der Waals surface area contributed by atoms with E-state index in [9.17, 15) is 18.4 Å². The number of halogens is 2. The van der Waals surface area contributed by atoms with E-state index < -0.39 is 5.82 Å². The molecule has 2 heterocycles. The van der Waals surface area contributed by atoms with E-state index in [4.69, 9.17) is 19.4 Å². The zero-order chi connectivity index (χ0) is 37.6. The number of aliphatic hydroxyl groups is 1. The molecule has 0 radical (unpaired) electrons. The van der Waals surface area contributed by atoms with Crippen LogP contribution in [0.1, 0.15) is 31.4 Å². The molecule has 6 N–H and O–H groups in total. The molecule has 49 heavy (non-hydrogen) atoms. The highest BCUT2D eigenvalue weighted by molar-refractivity contribution is 5.71. The summed E-state index contributed by atoms with van der Waals surface area (Å²) in [5.74, 6) is -0.697. The van der Waals surface area contributed by atoms with Gasteiger partial charge in [-0.2, -0.15) is 0 Å². The number of benzene rings is 2. The number of hydrogen-bond donors (Lipinski definition) is 5. The fraction of sp³-hybridized carbons (Fsp3) is 0.286. The number of methoxy groups -OCH3 is 1. The number of H-pyrrole nitrogens is 1. The first-order valence-corrected chi connectivity index (χ1v) is 14.9. The van der Waals surface area contributed by atoms with Gasteiger partial charge in [0.1, 0.15) is 18.4 Å².